The SMILES string of the molecule is CC(C)(C)[Si](OC[C@@H]1CC(=O)C[C@@H]1CO)(c1ccccc1)c1ccccc1. The van der Waals surface area contributed by atoms with Gasteiger partial charge in [-0.2, -0.15) is 0 Å². The van der Waals surface area contributed by atoms with Crippen LogP contribution in [0.25, 0.3) is 0 Å². The Hall–Kier alpha value is -1.75. The minimum absolute atomic E-state index is 0.0238. The molecule has 1 N–H and O–H groups in total. The fourth-order valence-electron chi connectivity index (χ4n) is 4.40. The quantitative estimate of drug-likeness (QED) is 0.781. The van der Waals surface area contributed by atoms with Gasteiger partial charge < -0.3 is 9.53 Å². The topological polar surface area (TPSA) is 46.5 Å². The number of benzene rings is 2. The summed E-state index contributed by atoms with van der Waals surface area (Å²) in [5.41, 5.74) is 0. The number of ketones is 1. The average molecular weight is 383 g/mol. The molecule has 144 valence electrons. The summed E-state index contributed by atoms with van der Waals surface area (Å²) in [7, 11) is -2.57. The van der Waals surface area contributed by atoms with Gasteiger partial charge in [-0.1, -0.05) is 81.4 Å². The zero-order chi connectivity index (χ0) is 19.5. The van der Waals surface area contributed by atoms with Crippen molar-refractivity contribution in [2.24, 2.45) is 11.8 Å². The van der Waals surface area contributed by atoms with Gasteiger partial charge in [-0.3, -0.25) is 4.79 Å². The molecule has 0 aromatic heterocycles. The van der Waals surface area contributed by atoms with Crippen LogP contribution in [0.1, 0.15) is 33.6 Å². The maximum Gasteiger partial charge on any atom is 0.261 e. The number of hydrogen-bond donors (Lipinski definition) is 1. The van der Waals surface area contributed by atoms with E-state index in [1.165, 1.54) is 10.4 Å². The van der Waals surface area contributed by atoms with Gasteiger partial charge in [0.05, 0.1) is 0 Å². The molecule has 3 rings (SSSR count). The van der Waals surface area contributed by atoms with Crippen LogP contribution in [0.5, 0.6) is 0 Å². The molecular formula is C23H30O3Si. The van der Waals surface area contributed by atoms with Crippen LogP contribution in [0.2, 0.25) is 5.04 Å². The van der Waals surface area contributed by atoms with Crippen molar-refractivity contribution in [3.05, 3.63) is 60.7 Å². The molecule has 0 amide bonds. The molecule has 2 aromatic carbocycles. The minimum atomic E-state index is -2.57. The van der Waals surface area contributed by atoms with Crippen molar-refractivity contribution in [2.45, 2.75) is 38.7 Å². The highest BCUT2D eigenvalue weighted by Crippen LogP contribution is 2.38. The molecule has 0 spiro atoms. The van der Waals surface area contributed by atoms with Crippen molar-refractivity contribution in [1.29, 1.82) is 0 Å². The molecule has 1 aliphatic carbocycles. The largest absolute Gasteiger partial charge is 0.407 e. The van der Waals surface area contributed by atoms with Crippen molar-refractivity contribution in [3.8, 4) is 0 Å². The summed E-state index contributed by atoms with van der Waals surface area (Å²) in [5.74, 6) is 0.366. The second-order valence-electron chi connectivity index (χ2n) is 8.62. The van der Waals surface area contributed by atoms with E-state index in [9.17, 15) is 9.90 Å². The zero-order valence-corrected chi connectivity index (χ0v) is 17.5. The Labute approximate surface area is 163 Å². The van der Waals surface area contributed by atoms with Crippen molar-refractivity contribution in [3.63, 3.8) is 0 Å². The number of carbonyl (C=O) groups is 1. The lowest BCUT2D eigenvalue weighted by atomic mass is 9.98. The molecule has 1 saturated carbocycles. The van der Waals surface area contributed by atoms with Crippen LogP contribution in [0.3, 0.4) is 0 Å². The lowest BCUT2D eigenvalue weighted by Gasteiger charge is -2.43. The van der Waals surface area contributed by atoms with E-state index < -0.39 is 8.32 Å². The molecule has 0 aliphatic heterocycles. The van der Waals surface area contributed by atoms with Gasteiger partial charge in [-0.25, -0.2) is 0 Å². The molecule has 0 bridgehead atoms. The summed E-state index contributed by atoms with van der Waals surface area (Å²) < 4.78 is 6.91. The summed E-state index contributed by atoms with van der Waals surface area (Å²) in [4.78, 5) is 11.9. The first-order valence-electron chi connectivity index (χ1n) is 9.76. The lowest BCUT2D eigenvalue weighted by Crippen LogP contribution is -2.67. The highest BCUT2D eigenvalue weighted by Gasteiger charge is 2.50. The van der Waals surface area contributed by atoms with Crippen LogP contribution in [0, 0.1) is 11.8 Å². The van der Waals surface area contributed by atoms with E-state index in [0.29, 0.717) is 19.4 Å². The van der Waals surface area contributed by atoms with E-state index in [4.69, 9.17) is 4.43 Å². The fraction of sp³-hybridized carbons (Fsp3) is 0.435. The molecule has 27 heavy (non-hydrogen) atoms. The number of aliphatic hydroxyl groups excluding tert-OH is 1. The molecule has 1 fully saturated rings. The number of aliphatic hydroxyl groups is 1. The van der Waals surface area contributed by atoms with Crippen molar-refractivity contribution in [1.82, 2.24) is 0 Å². The minimum Gasteiger partial charge on any atom is -0.407 e. The second-order valence-corrected chi connectivity index (χ2v) is 12.9. The van der Waals surface area contributed by atoms with E-state index in [2.05, 4.69) is 69.3 Å². The summed E-state index contributed by atoms with van der Waals surface area (Å²) in [6, 6.07) is 21.1. The summed E-state index contributed by atoms with van der Waals surface area (Å²) in [5, 5.41) is 12.1. The van der Waals surface area contributed by atoms with Gasteiger partial charge >= 0.3 is 0 Å². The Kier molecular flexibility index (Phi) is 5.99. The van der Waals surface area contributed by atoms with Gasteiger partial charge in [0.25, 0.3) is 8.32 Å². The van der Waals surface area contributed by atoms with Crippen molar-refractivity contribution in [2.75, 3.05) is 13.2 Å². The molecule has 0 unspecified atom stereocenters. The van der Waals surface area contributed by atoms with Crippen molar-refractivity contribution < 1.29 is 14.3 Å². The smallest absolute Gasteiger partial charge is 0.261 e. The molecular weight excluding hydrogens is 352 g/mol. The predicted molar refractivity (Wildman–Crippen MR) is 112 cm³/mol. The second kappa shape index (κ2) is 8.09. The Morgan fingerprint density at radius 2 is 1.41 bits per heavy atom. The van der Waals surface area contributed by atoms with E-state index in [1.54, 1.807) is 0 Å². The normalized spacial score (nSPS) is 20.8. The zero-order valence-electron chi connectivity index (χ0n) is 16.5. The maximum atomic E-state index is 11.9. The third-order valence-electron chi connectivity index (χ3n) is 5.81. The highest BCUT2D eigenvalue weighted by molar-refractivity contribution is 6.99. The van der Waals surface area contributed by atoms with Crippen LogP contribution in [-0.4, -0.2) is 32.4 Å². The Balaban J connectivity index is 2.03. The monoisotopic (exact) mass is 382 g/mol. The van der Waals surface area contributed by atoms with Crippen LogP contribution in [0.4, 0.5) is 0 Å². The highest BCUT2D eigenvalue weighted by atomic mass is 28.4. The first kappa shape index (κ1) is 20.0. The molecule has 4 heteroatoms. The van der Waals surface area contributed by atoms with Crippen LogP contribution >= 0.6 is 0 Å². The standard InChI is InChI=1S/C23H30O3Si/c1-23(2,3)27(21-10-6-4-7-11-21,22-12-8-5-9-13-22)26-17-19-15-20(25)14-18(19)16-24/h4-13,18-19,24H,14-17H2,1-3H3/t18-,19+/m1/s1. The third kappa shape index (κ3) is 3.93. The Morgan fingerprint density at radius 1 is 0.926 bits per heavy atom. The van der Waals surface area contributed by atoms with Crippen LogP contribution in [-0.2, 0) is 9.22 Å². The van der Waals surface area contributed by atoms with Gasteiger partial charge in [-0.05, 0) is 27.2 Å². The van der Waals surface area contributed by atoms with Gasteiger partial charge in [0.1, 0.15) is 5.78 Å². The summed E-state index contributed by atoms with van der Waals surface area (Å²) >= 11 is 0. The molecule has 2 atom stereocenters. The Bertz CT molecular complexity index is 713. The fourth-order valence-corrected chi connectivity index (χ4v) is 9.02. The molecule has 0 heterocycles. The number of carbonyl (C=O) groups excluding carboxylic acids is 1. The van der Waals surface area contributed by atoms with Crippen LogP contribution in [0.15, 0.2) is 60.7 Å². The molecule has 3 nitrogen and oxygen atoms in total. The van der Waals surface area contributed by atoms with Gasteiger partial charge in [0.2, 0.25) is 0 Å². The van der Waals surface area contributed by atoms with Gasteiger partial charge in [-0.15, -0.1) is 0 Å². The first-order valence-corrected chi connectivity index (χ1v) is 11.7. The van der Waals surface area contributed by atoms with Gasteiger partial charge in [0.15, 0.2) is 0 Å². The Morgan fingerprint density at radius 3 is 1.85 bits per heavy atom. The first-order chi connectivity index (χ1) is 12.9. The van der Waals surface area contributed by atoms with Crippen LogP contribution < -0.4 is 10.4 Å². The van der Waals surface area contributed by atoms with E-state index in [1.807, 2.05) is 12.1 Å². The molecule has 1 aliphatic rings. The number of rotatable bonds is 6. The molecule has 2 aromatic rings. The van der Waals surface area contributed by atoms with E-state index in [0.717, 1.165) is 0 Å². The van der Waals surface area contributed by atoms with E-state index >= 15 is 0 Å². The maximum absolute atomic E-state index is 11.9. The number of hydrogen-bond acceptors (Lipinski definition) is 3. The summed E-state index contributed by atoms with van der Waals surface area (Å²) in [6.07, 6.45) is 0.995. The number of Topliss-reactive ketones (excluding diaryl/α,β-unsaturated/α-hetero) is 1. The van der Waals surface area contributed by atoms with Crippen molar-refractivity contribution >= 4 is 24.5 Å². The van der Waals surface area contributed by atoms with Gasteiger partial charge in [0, 0.05) is 26.1 Å². The summed E-state index contributed by atoms with van der Waals surface area (Å²) in [6.45, 7) is 7.33. The predicted octanol–water partition coefficient (Wildman–Crippen LogP) is 3.15. The molecule has 0 radical (unpaired) electrons. The third-order valence-corrected chi connectivity index (χ3v) is 10.8. The lowest BCUT2D eigenvalue weighted by molar-refractivity contribution is -0.117. The average Bonchev–Trinajstić information content (AvgIpc) is 3.03. The van der Waals surface area contributed by atoms with E-state index in [-0.39, 0.29) is 29.3 Å². The molecule has 0 saturated heterocycles.